The van der Waals surface area contributed by atoms with Crippen LogP contribution in [0, 0.1) is 11.6 Å². The van der Waals surface area contributed by atoms with E-state index >= 15 is 0 Å². The highest BCUT2D eigenvalue weighted by Gasteiger charge is 2.17. The first-order valence-corrected chi connectivity index (χ1v) is 9.22. The van der Waals surface area contributed by atoms with Crippen LogP contribution >= 0.6 is 0 Å². The van der Waals surface area contributed by atoms with Gasteiger partial charge in [-0.15, -0.1) is 0 Å². The van der Waals surface area contributed by atoms with Crippen LogP contribution in [0.25, 0.3) is 10.9 Å². The minimum absolute atomic E-state index is 0.252. The molecule has 3 aromatic rings. The molecule has 0 bridgehead atoms. The van der Waals surface area contributed by atoms with E-state index in [9.17, 15) is 8.78 Å². The Kier molecular flexibility index (Phi) is 6.66. The molecule has 1 heterocycles. The number of methoxy groups -OCH3 is 1. The summed E-state index contributed by atoms with van der Waals surface area (Å²) >= 11 is 0. The van der Waals surface area contributed by atoms with Crippen LogP contribution in [0.1, 0.15) is 6.92 Å². The average molecular weight is 403 g/mol. The number of fused-ring (bicyclic) bond motifs is 1. The fourth-order valence-electron chi connectivity index (χ4n) is 2.81. The third kappa shape index (κ3) is 4.65. The van der Waals surface area contributed by atoms with Gasteiger partial charge in [-0.05, 0) is 18.7 Å². The lowest BCUT2D eigenvalue weighted by Gasteiger charge is -2.15. The summed E-state index contributed by atoms with van der Waals surface area (Å²) in [5, 5.41) is 6.41. The van der Waals surface area contributed by atoms with Gasteiger partial charge in [0.25, 0.3) is 0 Å². The molecule has 0 fully saturated rings. The fraction of sp³-hybridized carbons (Fsp3) is 0.286. The second-order valence-electron chi connectivity index (χ2n) is 6.15. The van der Waals surface area contributed by atoms with E-state index in [0.717, 1.165) is 6.54 Å². The van der Waals surface area contributed by atoms with E-state index in [2.05, 4.69) is 15.6 Å². The number of pyridine rings is 1. The summed E-state index contributed by atoms with van der Waals surface area (Å²) in [5.41, 5.74) is 0.863. The van der Waals surface area contributed by atoms with Crippen molar-refractivity contribution in [1.29, 1.82) is 0 Å². The van der Waals surface area contributed by atoms with Gasteiger partial charge in [0.1, 0.15) is 12.4 Å². The third-order valence-corrected chi connectivity index (χ3v) is 4.27. The number of anilines is 1. The fourth-order valence-corrected chi connectivity index (χ4v) is 2.81. The molecule has 0 aliphatic heterocycles. The highest BCUT2D eigenvalue weighted by molar-refractivity contribution is 5.88. The van der Waals surface area contributed by atoms with Crippen LogP contribution in [0.4, 0.5) is 14.5 Å². The Hall–Kier alpha value is -3.13. The summed E-state index contributed by atoms with van der Waals surface area (Å²) in [5.74, 6) is -0.857. The Labute approximate surface area is 167 Å². The summed E-state index contributed by atoms with van der Waals surface area (Å²) in [6.07, 6.45) is 1.50. The zero-order valence-corrected chi connectivity index (χ0v) is 16.5. The van der Waals surface area contributed by atoms with Crippen LogP contribution < -0.4 is 24.8 Å². The van der Waals surface area contributed by atoms with Gasteiger partial charge in [-0.3, -0.25) is 4.98 Å². The van der Waals surface area contributed by atoms with Crippen molar-refractivity contribution in [2.24, 2.45) is 0 Å². The van der Waals surface area contributed by atoms with Crippen LogP contribution in [0.15, 0.2) is 36.5 Å². The molecular weight excluding hydrogens is 380 g/mol. The molecule has 8 heteroatoms. The average Bonchev–Trinajstić information content (AvgIpc) is 2.73. The second kappa shape index (κ2) is 9.38. The van der Waals surface area contributed by atoms with Crippen molar-refractivity contribution in [1.82, 2.24) is 10.3 Å². The largest absolute Gasteiger partial charge is 0.493 e. The summed E-state index contributed by atoms with van der Waals surface area (Å²) in [6.45, 7) is 4.01. The predicted octanol–water partition coefficient (Wildman–Crippen LogP) is 4.34. The van der Waals surface area contributed by atoms with Gasteiger partial charge in [0, 0.05) is 49.1 Å². The Morgan fingerprint density at radius 1 is 1.03 bits per heavy atom. The number of hydrogen-bond acceptors (Lipinski definition) is 6. The molecule has 6 nitrogen and oxygen atoms in total. The maximum absolute atomic E-state index is 14.3. The van der Waals surface area contributed by atoms with E-state index in [1.807, 2.05) is 6.92 Å². The Balaban J connectivity index is 1.96. The molecule has 3 rings (SSSR count). The van der Waals surface area contributed by atoms with Crippen LogP contribution in [0.5, 0.6) is 23.0 Å². The summed E-state index contributed by atoms with van der Waals surface area (Å²) in [4.78, 5) is 4.31. The molecule has 1 aromatic heterocycles. The summed E-state index contributed by atoms with van der Waals surface area (Å²) in [6, 6.07) is 7.26. The maximum atomic E-state index is 14.3. The van der Waals surface area contributed by atoms with Crippen LogP contribution in [-0.2, 0) is 0 Å². The predicted molar refractivity (Wildman–Crippen MR) is 108 cm³/mol. The van der Waals surface area contributed by atoms with Crippen molar-refractivity contribution >= 4 is 16.6 Å². The number of ether oxygens (including phenoxy) is 3. The lowest BCUT2D eigenvalue weighted by atomic mass is 10.1. The van der Waals surface area contributed by atoms with Crippen LogP contribution in [-0.4, -0.2) is 38.8 Å². The first-order valence-electron chi connectivity index (χ1n) is 9.22. The zero-order valence-electron chi connectivity index (χ0n) is 16.5. The lowest BCUT2D eigenvalue weighted by molar-refractivity contribution is 0.294. The van der Waals surface area contributed by atoms with Gasteiger partial charge in [0.15, 0.2) is 28.9 Å². The molecule has 0 aliphatic rings. The molecule has 2 aromatic carbocycles. The molecule has 0 saturated carbocycles. The van der Waals surface area contributed by atoms with E-state index < -0.39 is 17.4 Å². The summed E-state index contributed by atoms with van der Waals surface area (Å²) in [7, 11) is 3.10. The van der Waals surface area contributed by atoms with Gasteiger partial charge < -0.3 is 24.8 Å². The number of halogens is 2. The van der Waals surface area contributed by atoms with Gasteiger partial charge in [0.05, 0.1) is 12.6 Å². The normalized spacial score (nSPS) is 10.8. The minimum atomic E-state index is -0.811. The SMILES string of the molecule is CCNCCOc1cc2nccc(Oc3c(F)cc(NC)cc3F)c2cc1OC. The maximum Gasteiger partial charge on any atom is 0.198 e. The molecule has 0 amide bonds. The van der Waals surface area contributed by atoms with Gasteiger partial charge in [-0.1, -0.05) is 6.92 Å². The topological polar surface area (TPSA) is 64.6 Å². The molecule has 154 valence electrons. The van der Waals surface area contributed by atoms with Crippen molar-refractivity contribution in [3.05, 3.63) is 48.2 Å². The first kappa shape index (κ1) is 20.6. The molecular formula is C21H23F2N3O3. The number of nitrogens with one attached hydrogen (secondary N) is 2. The number of likely N-dealkylation sites (N-methyl/N-ethyl adjacent to an activating group) is 1. The zero-order chi connectivity index (χ0) is 20.8. The van der Waals surface area contributed by atoms with Crippen molar-refractivity contribution in [3.63, 3.8) is 0 Å². The molecule has 0 atom stereocenters. The summed E-state index contributed by atoms with van der Waals surface area (Å²) < 4.78 is 45.4. The van der Waals surface area contributed by atoms with Gasteiger partial charge in [-0.2, -0.15) is 0 Å². The van der Waals surface area contributed by atoms with E-state index in [1.165, 1.54) is 25.4 Å². The van der Waals surface area contributed by atoms with Crippen molar-refractivity contribution in [2.45, 2.75) is 6.92 Å². The molecule has 2 N–H and O–H groups in total. The number of rotatable bonds is 9. The number of nitrogens with zero attached hydrogens (tertiary/aromatic N) is 1. The number of benzene rings is 2. The van der Waals surface area contributed by atoms with E-state index in [4.69, 9.17) is 14.2 Å². The lowest BCUT2D eigenvalue weighted by Crippen LogP contribution is -2.20. The monoisotopic (exact) mass is 403 g/mol. The number of aromatic nitrogens is 1. The van der Waals surface area contributed by atoms with E-state index in [1.54, 1.807) is 25.2 Å². The van der Waals surface area contributed by atoms with Crippen molar-refractivity contribution in [2.75, 3.05) is 39.2 Å². The molecule has 0 spiro atoms. The van der Waals surface area contributed by atoms with Gasteiger partial charge in [-0.25, -0.2) is 8.78 Å². The van der Waals surface area contributed by atoms with Crippen molar-refractivity contribution in [3.8, 4) is 23.0 Å². The minimum Gasteiger partial charge on any atom is -0.493 e. The second-order valence-corrected chi connectivity index (χ2v) is 6.15. The Morgan fingerprint density at radius 3 is 2.45 bits per heavy atom. The van der Waals surface area contributed by atoms with E-state index in [-0.39, 0.29) is 5.75 Å². The quantitative estimate of drug-likeness (QED) is 0.518. The highest BCUT2D eigenvalue weighted by Crippen LogP contribution is 2.38. The number of hydrogen-bond donors (Lipinski definition) is 2. The highest BCUT2D eigenvalue weighted by atomic mass is 19.1. The molecule has 29 heavy (non-hydrogen) atoms. The third-order valence-electron chi connectivity index (χ3n) is 4.27. The smallest absolute Gasteiger partial charge is 0.198 e. The molecule has 0 aliphatic carbocycles. The van der Waals surface area contributed by atoms with Gasteiger partial charge >= 0.3 is 0 Å². The molecule has 0 radical (unpaired) electrons. The van der Waals surface area contributed by atoms with Crippen molar-refractivity contribution < 1.29 is 23.0 Å². The molecule has 0 saturated heterocycles. The standard InChI is InChI=1S/C21H23F2N3O3/c1-4-25-7-8-28-20-12-17-14(11-19(20)27-3)18(5-6-26-17)29-21-15(22)9-13(24-2)10-16(21)23/h5-6,9-12,24-25H,4,7-8H2,1-3H3. The Morgan fingerprint density at radius 2 is 1.79 bits per heavy atom. The van der Waals surface area contributed by atoms with E-state index in [0.29, 0.717) is 41.2 Å². The van der Waals surface area contributed by atoms with Gasteiger partial charge in [0.2, 0.25) is 0 Å². The van der Waals surface area contributed by atoms with Crippen LogP contribution in [0.2, 0.25) is 0 Å². The van der Waals surface area contributed by atoms with Crippen LogP contribution in [0.3, 0.4) is 0 Å². The molecule has 0 unspecified atom stereocenters. The Bertz CT molecular complexity index is 975. The first-order chi connectivity index (χ1) is 14.1.